The molecule has 2 saturated carbocycles. The Balaban J connectivity index is 0.783. The molecule has 0 radical (unpaired) electrons. The number of carbonyl (C=O) groups is 3. The maximum absolute atomic E-state index is 14.6. The highest BCUT2D eigenvalue weighted by atomic mass is 19.4. The third-order valence-electron chi connectivity index (χ3n) is 14.6. The number of piperazine rings is 1. The second-order valence-electron chi connectivity index (χ2n) is 21.5. The second kappa shape index (κ2) is 22.4. The minimum atomic E-state index is -4.28. The summed E-state index contributed by atoms with van der Waals surface area (Å²) in [6.45, 7) is 13.1. The number of aliphatic hydroxyl groups is 2. The van der Waals surface area contributed by atoms with E-state index >= 15 is 0 Å². The molecule has 2 aromatic heterocycles. The number of anilines is 1. The molecule has 2 saturated heterocycles. The third-order valence-corrected chi connectivity index (χ3v) is 14.6. The Labute approximate surface area is 419 Å². The number of rotatable bonds is 19. The molecule has 2 aromatic carbocycles. The molecule has 8 rings (SSSR count). The van der Waals surface area contributed by atoms with Gasteiger partial charge in [0.2, 0.25) is 17.8 Å². The first-order valence-corrected chi connectivity index (χ1v) is 25.6. The van der Waals surface area contributed by atoms with Crippen LogP contribution in [0.25, 0.3) is 22.2 Å². The SMILES string of the molecule is Cc1ccc(CNC(=O)[C@@H]2C[C@@H](O)CN2C(=O)[C@@H](NC(=O)C2(F)CC2)C(C)(C)C)c(OCCCCN2CCN(Cc3ccc(-c4cn(C5CCC(O)CC5)c5nc(NCCC(F)(F)F)ncc45)cc3)CC2)c1. The molecule has 4 fully saturated rings. The van der Waals surface area contributed by atoms with Gasteiger partial charge >= 0.3 is 6.18 Å². The number of hydrogen-bond donors (Lipinski definition) is 5. The van der Waals surface area contributed by atoms with Crippen molar-refractivity contribution in [2.24, 2.45) is 5.41 Å². The van der Waals surface area contributed by atoms with Gasteiger partial charge in [0.1, 0.15) is 23.5 Å². The third kappa shape index (κ3) is 13.4. The molecule has 15 nitrogen and oxygen atoms in total. The smallest absolute Gasteiger partial charge is 0.390 e. The molecule has 2 aliphatic carbocycles. The van der Waals surface area contributed by atoms with E-state index in [0.29, 0.717) is 30.8 Å². The van der Waals surface area contributed by atoms with Crippen LogP contribution < -0.4 is 20.7 Å². The number of amides is 3. The maximum Gasteiger partial charge on any atom is 0.390 e. The van der Waals surface area contributed by atoms with Crippen molar-refractivity contribution in [1.29, 1.82) is 0 Å². The van der Waals surface area contributed by atoms with Gasteiger partial charge in [-0.05, 0) is 93.0 Å². The van der Waals surface area contributed by atoms with E-state index in [9.17, 15) is 42.2 Å². The van der Waals surface area contributed by atoms with Crippen molar-refractivity contribution in [1.82, 2.24) is 39.9 Å². The summed E-state index contributed by atoms with van der Waals surface area (Å²) in [6.07, 6.45) is 2.24. The number of unbranched alkanes of at least 4 members (excludes halogenated alkanes) is 1. The summed E-state index contributed by atoms with van der Waals surface area (Å²) in [4.78, 5) is 55.4. The Morgan fingerprint density at radius 2 is 1.64 bits per heavy atom. The quantitative estimate of drug-likeness (QED) is 0.0492. The highest BCUT2D eigenvalue weighted by Gasteiger charge is 2.53. The minimum Gasteiger partial charge on any atom is -0.493 e. The Kier molecular flexibility index (Phi) is 16.5. The summed E-state index contributed by atoms with van der Waals surface area (Å²) in [6, 6.07) is 12.4. The van der Waals surface area contributed by atoms with Crippen LogP contribution in [0, 0.1) is 12.3 Å². The number of fused-ring (bicyclic) bond motifs is 1. The van der Waals surface area contributed by atoms with Crippen LogP contribution in [0.15, 0.2) is 54.9 Å². The number of aromatic nitrogens is 3. The number of nitrogens with one attached hydrogen (secondary N) is 3. The van der Waals surface area contributed by atoms with Crippen LogP contribution in [0.4, 0.5) is 23.5 Å². The fourth-order valence-corrected chi connectivity index (χ4v) is 10.1. The van der Waals surface area contributed by atoms with Crippen LogP contribution in [0.1, 0.15) is 108 Å². The summed E-state index contributed by atoms with van der Waals surface area (Å²) in [7, 11) is 0. The zero-order valence-corrected chi connectivity index (χ0v) is 41.9. The minimum absolute atomic E-state index is 0.0440. The van der Waals surface area contributed by atoms with Crippen LogP contribution in [0.3, 0.4) is 0 Å². The number of alkyl halides is 4. The first-order chi connectivity index (χ1) is 34.2. The lowest BCUT2D eigenvalue weighted by Crippen LogP contribution is -2.59. The van der Waals surface area contributed by atoms with Gasteiger partial charge in [0.05, 0.1) is 25.2 Å². The van der Waals surface area contributed by atoms with Gasteiger partial charge in [0.25, 0.3) is 5.91 Å². The van der Waals surface area contributed by atoms with Crippen molar-refractivity contribution >= 4 is 34.7 Å². The molecule has 2 aliphatic heterocycles. The van der Waals surface area contributed by atoms with E-state index in [1.165, 1.54) is 10.5 Å². The predicted molar refractivity (Wildman–Crippen MR) is 266 cm³/mol. The van der Waals surface area contributed by atoms with E-state index in [1.54, 1.807) is 27.0 Å². The number of aliphatic hydroxyl groups excluding tert-OH is 2. The largest absolute Gasteiger partial charge is 0.493 e. The lowest BCUT2D eigenvalue weighted by atomic mass is 9.85. The number of halogens is 4. The van der Waals surface area contributed by atoms with Crippen molar-refractivity contribution in [3.8, 4) is 16.9 Å². The standard InChI is InChI=1S/C53H71F4N9O6/c1-34-7-10-37(29-59-47(69)43-28-40(68)32-66(43)48(70)45(51(2,3)4)61-49(71)52(54)17-18-52)44(27-34)72-26-6-5-21-63-22-24-64(25-23-63)31-35-8-11-36(12-9-35)42-33-65(38-13-15-39(67)16-14-38)46-41(42)30-60-50(62-46)58-20-19-53(55,56)57/h7-12,27,30,33,38-40,43,45,67-68H,5-6,13-26,28-29,31-32H2,1-4H3,(H,59,69)(H,61,71)(H,58,60,62)/t38?,39?,40-,43+,45-/m1/s1. The Bertz CT molecular complexity index is 2510. The topological polar surface area (TPSA) is 177 Å². The number of aryl methyl sites for hydroxylation is 1. The van der Waals surface area contributed by atoms with Crippen LogP contribution in [-0.4, -0.2) is 146 Å². The fourth-order valence-electron chi connectivity index (χ4n) is 10.1. The molecule has 4 aromatic rings. The Morgan fingerprint density at radius 1 is 0.931 bits per heavy atom. The van der Waals surface area contributed by atoms with Gasteiger partial charge in [0, 0.05) is 93.7 Å². The van der Waals surface area contributed by atoms with Gasteiger partial charge in [0.15, 0.2) is 5.67 Å². The maximum atomic E-state index is 14.6. The molecule has 0 spiro atoms. The van der Waals surface area contributed by atoms with Gasteiger partial charge in [-0.1, -0.05) is 57.2 Å². The molecule has 4 heterocycles. The van der Waals surface area contributed by atoms with Gasteiger partial charge in [-0.2, -0.15) is 18.2 Å². The zero-order valence-electron chi connectivity index (χ0n) is 41.9. The van der Waals surface area contributed by atoms with E-state index in [-0.39, 0.29) is 57.0 Å². The van der Waals surface area contributed by atoms with Crippen molar-refractivity contribution in [2.75, 3.05) is 57.7 Å². The number of carbonyl (C=O) groups excluding carboxylic acids is 3. The van der Waals surface area contributed by atoms with Gasteiger partial charge in [-0.3, -0.25) is 19.3 Å². The van der Waals surface area contributed by atoms with E-state index in [2.05, 4.69) is 70.7 Å². The molecular formula is C53H71F4N9O6. The first kappa shape index (κ1) is 52.9. The summed E-state index contributed by atoms with van der Waals surface area (Å²) >= 11 is 0. The van der Waals surface area contributed by atoms with E-state index in [1.807, 2.05) is 25.1 Å². The molecule has 392 valence electrons. The molecule has 0 unspecified atom stereocenters. The monoisotopic (exact) mass is 1010 g/mol. The molecule has 3 atom stereocenters. The average molecular weight is 1010 g/mol. The highest BCUT2D eigenvalue weighted by molar-refractivity contribution is 5.96. The van der Waals surface area contributed by atoms with Gasteiger partial charge in [-0.15, -0.1) is 0 Å². The van der Waals surface area contributed by atoms with Crippen LogP contribution in [0.2, 0.25) is 0 Å². The van der Waals surface area contributed by atoms with Crippen LogP contribution in [-0.2, 0) is 27.5 Å². The number of benzene rings is 2. The van der Waals surface area contributed by atoms with Crippen LogP contribution >= 0.6 is 0 Å². The summed E-state index contributed by atoms with van der Waals surface area (Å²) in [5.41, 5.74) is 2.88. The Hall–Kier alpha value is -5.37. The van der Waals surface area contributed by atoms with Crippen LogP contribution in [0.5, 0.6) is 5.75 Å². The number of ether oxygens (including phenoxy) is 1. The number of hydrogen-bond acceptors (Lipinski definition) is 11. The van der Waals surface area contributed by atoms with Crippen molar-refractivity contribution < 1.29 is 46.9 Å². The molecule has 72 heavy (non-hydrogen) atoms. The van der Waals surface area contributed by atoms with E-state index in [4.69, 9.17) is 4.74 Å². The first-order valence-electron chi connectivity index (χ1n) is 25.6. The summed E-state index contributed by atoms with van der Waals surface area (Å²) in [5, 5.41) is 29.8. The summed E-state index contributed by atoms with van der Waals surface area (Å²) < 4.78 is 61.5. The molecule has 5 N–H and O–H groups in total. The molecule has 3 amide bonds. The number of β-amino-alcohol motifs (C(OH)–C–C–N with tert-alkyl or cyclic N) is 1. The van der Waals surface area contributed by atoms with E-state index < -0.39 is 59.6 Å². The van der Waals surface area contributed by atoms with Crippen molar-refractivity contribution in [3.63, 3.8) is 0 Å². The van der Waals surface area contributed by atoms with E-state index in [0.717, 1.165) is 92.6 Å². The Morgan fingerprint density at radius 3 is 2.32 bits per heavy atom. The lowest BCUT2D eigenvalue weighted by Gasteiger charge is -2.35. The highest BCUT2D eigenvalue weighted by Crippen LogP contribution is 2.41. The second-order valence-corrected chi connectivity index (χ2v) is 21.5. The number of nitrogens with zero attached hydrogens (tertiary/aromatic N) is 6. The van der Waals surface area contributed by atoms with Crippen molar-refractivity contribution in [3.05, 3.63) is 71.5 Å². The molecule has 0 bridgehead atoms. The lowest BCUT2D eigenvalue weighted by molar-refractivity contribution is -0.145. The zero-order chi connectivity index (χ0) is 51.4. The van der Waals surface area contributed by atoms with Crippen molar-refractivity contribution in [2.45, 2.75) is 147 Å². The average Bonchev–Trinajstić information content (AvgIpc) is 3.80. The molecule has 4 aliphatic rings. The van der Waals surface area contributed by atoms with Gasteiger partial charge < -0.3 is 45.3 Å². The molecular weight excluding hydrogens is 935 g/mol. The molecule has 19 heteroatoms. The normalized spacial score (nSPS) is 22.2. The fraction of sp³-hybridized carbons (Fsp3) is 0.604. The predicted octanol–water partition coefficient (Wildman–Crippen LogP) is 6.83. The summed E-state index contributed by atoms with van der Waals surface area (Å²) in [5.74, 6) is -0.960. The van der Waals surface area contributed by atoms with Gasteiger partial charge in [-0.25, -0.2) is 9.37 Å². The number of likely N-dealkylation sites (tertiary alicyclic amines) is 1.